The summed E-state index contributed by atoms with van der Waals surface area (Å²) in [6, 6.07) is 2.58. The van der Waals surface area contributed by atoms with Gasteiger partial charge in [0.15, 0.2) is 0 Å². The van der Waals surface area contributed by atoms with E-state index in [4.69, 9.17) is 0 Å². The molecule has 1 N–H and O–H groups in total. The largest absolute Gasteiger partial charge is 0.318 e. The Morgan fingerprint density at radius 1 is 1.56 bits per heavy atom. The van der Waals surface area contributed by atoms with Crippen molar-refractivity contribution in [1.82, 2.24) is 10.2 Å². The number of rotatable bonds is 3. The quantitative estimate of drug-likeness (QED) is 0.910. The Labute approximate surface area is 112 Å². The zero-order valence-corrected chi connectivity index (χ0v) is 11.8. The highest BCUT2D eigenvalue weighted by molar-refractivity contribution is 7.07. The monoisotopic (exact) mass is 264 g/mol. The molecule has 2 heterocycles. The van der Waals surface area contributed by atoms with Crippen LogP contribution in [0.15, 0.2) is 16.8 Å². The SMILES string of the molecule is CCC1(C)NC(c2ccsc2)N(C2CCC2)C1=O. The van der Waals surface area contributed by atoms with Crippen molar-refractivity contribution >= 4 is 17.2 Å². The molecule has 0 spiro atoms. The smallest absolute Gasteiger partial charge is 0.244 e. The summed E-state index contributed by atoms with van der Waals surface area (Å²) >= 11 is 1.70. The van der Waals surface area contributed by atoms with E-state index < -0.39 is 0 Å². The van der Waals surface area contributed by atoms with E-state index in [1.807, 2.05) is 6.92 Å². The van der Waals surface area contributed by atoms with Crippen molar-refractivity contribution in [1.29, 1.82) is 0 Å². The molecule has 3 nitrogen and oxygen atoms in total. The first kappa shape index (κ1) is 12.2. The molecule has 18 heavy (non-hydrogen) atoms. The van der Waals surface area contributed by atoms with Gasteiger partial charge in [-0.3, -0.25) is 10.1 Å². The third-order valence-corrected chi connectivity index (χ3v) is 5.18. The number of carbonyl (C=O) groups excluding carboxylic acids is 1. The van der Waals surface area contributed by atoms with Gasteiger partial charge in [0.25, 0.3) is 0 Å². The highest BCUT2D eigenvalue weighted by atomic mass is 32.1. The fourth-order valence-electron chi connectivity index (χ4n) is 2.80. The third kappa shape index (κ3) is 1.70. The maximum absolute atomic E-state index is 12.7. The van der Waals surface area contributed by atoms with Gasteiger partial charge in [-0.1, -0.05) is 6.92 Å². The van der Waals surface area contributed by atoms with Crippen LogP contribution < -0.4 is 5.32 Å². The summed E-state index contributed by atoms with van der Waals surface area (Å²) in [5.74, 6) is 0.283. The average molecular weight is 264 g/mol. The Hall–Kier alpha value is -0.870. The normalized spacial score (nSPS) is 32.9. The molecule has 2 unspecified atom stereocenters. The molecule has 1 saturated heterocycles. The molecule has 1 aromatic rings. The van der Waals surface area contributed by atoms with Gasteiger partial charge in [-0.25, -0.2) is 0 Å². The van der Waals surface area contributed by atoms with Gasteiger partial charge in [0.1, 0.15) is 6.17 Å². The van der Waals surface area contributed by atoms with E-state index in [2.05, 4.69) is 34.0 Å². The number of nitrogens with zero attached hydrogens (tertiary/aromatic N) is 1. The van der Waals surface area contributed by atoms with Crippen molar-refractivity contribution in [3.8, 4) is 0 Å². The molecular weight excluding hydrogens is 244 g/mol. The maximum atomic E-state index is 12.7. The summed E-state index contributed by atoms with van der Waals surface area (Å²) in [4.78, 5) is 14.8. The van der Waals surface area contributed by atoms with Crippen LogP contribution in [0.1, 0.15) is 51.3 Å². The molecule has 1 aliphatic carbocycles. The van der Waals surface area contributed by atoms with E-state index >= 15 is 0 Å². The Morgan fingerprint density at radius 2 is 2.33 bits per heavy atom. The lowest BCUT2D eigenvalue weighted by Crippen LogP contribution is -2.46. The van der Waals surface area contributed by atoms with Gasteiger partial charge in [0.05, 0.1) is 5.54 Å². The summed E-state index contributed by atoms with van der Waals surface area (Å²) in [7, 11) is 0. The number of hydrogen-bond donors (Lipinski definition) is 1. The second-order valence-corrected chi connectivity index (χ2v) is 6.37. The van der Waals surface area contributed by atoms with Crippen molar-refractivity contribution in [2.75, 3.05) is 0 Å². The Balaban J connectivity index is 1.93. The number of carbonyl (C=O) groups is 1. The first-order valence-electron chi connectivity index (χ1n) is 6.78. The zero-order chi connectivity index (χ0) is 12.8. The molecule has 0 radical (unpaired) electrons. The van der Waals surface area contributed by atoms with E-state index in [9.17, 15) is 4.79 Å². The van der Waals surface area contributed by atoms with E-state index in [0.29, 0.717) is 6.04 Å². The highest BCUT2D eigenvalue weighted by Gasteiger charge is 2.50. The number of nitrogens with one attached hydrogen (secondary N) is 1. The summed E-state index contributed by atoms with van der Waals surface area (Å²) in [5.41, 5.74) is 0.847. The van der Waals surface area contributed by atoms with E-state index in [1.54, 1.807) is 11.3 Å². The van der Waals surface area contributed by atoms with Gasteiger partial charge < -0.3 is 4.90 Å². The van der Waals surface area contributed by atoms with Crippen LogP contribution >= 0.6 is 11.3 Å². The molecule has 0 aromatic carbocycles. The van der Waals surface area contributed by atoms with Crippen LogP contribution in [0.3, 0.4) is 0 Å². The molecule has 1 amide bonds. The third-order valence-electron chi connectivity index (χ3n) is 4.47. The van der Waals surface area contributed by atoms with Crippen molar-refractivity contribution in [2.45, 2.75) is 57.3 Å². The predicted octanol–water partition coefficient (Wildman–Crippen LogP) is 2.90. The fourth-order valence-corrected chi connectivity index (χ4v) is 3.48. The molecule has 3 rings (SSSR count). The Kier molecular flexibility index (Phi) is 2.94. The minimum Gasteiger partial charge on any atom is -0.318 e. The molecule has 1 saturated carbocycles. The van der Waals surface area contributed by atoms with Gasteiger partial charge in [0, 0.05) is 6.04 Å². The van der Waals surface area contributed by atoms with E-state index in [1.165, 1.54) is 12.0 Å². The molecule has 2 fully saturated rings. The standard InChI is InChI=1S/C14H20N2OS/c1-3-14(2)13(17)16(11-5-4-6-11)12(15-14)10-7-8-18-9-10/h7-9,11-12,15H,3-6H2,1-2H3. The van der Waals surface area contributed by atoms with Gasteiger partial charge in [-0.05, 0) is 55.0 Å². The number of amides is 1. The van der Waals surface area contributed by atoms with Crippen molar-refractivity contribution in [3.63, 3.8) is 0 Å². The minimum absolute atomic E-state index is 0.0824. The zero-order valence-electron chi connectivity index (χ0n) is 11.0. The molecule has 1 aliphatic heterocycles. The molecule has 1 aromatic heterocycles. The van der Waals surface area contributed by atoms with Crippen LogP contribution in [0.5, 0.6) is 0 Å². The highest BCUT2D eigenvalue weighted by Crippen LogP contribution is 2.39. The van der Waals surface area contributed by atoms with Crippen molar-refractivity contribution in [2.24, 2.45) is 0 Å². The van der Waals surface area contributed by atoms with E-state index in [0.717, 1.165) is 19.3 Å². The van der Waals surface area contributed by atoms with Crippen LogP contribution in [0.4, 0.5) is 0 Å². The number of thiophene rings is 1. The van der Waals surface area contributed by atoms with E-state index in [-0.39, 0.29) is 17.6 Å². The van der Waals surface area contributed by atoms with Gasteiger partial charge in [-0.2, -0.15) is 11.3 Å². The van der Waals surface area contributed by atoms with Crippen LogP contribution in [-0.4, -0.2) is 22.4 Å². The van der Waals surface area contributed by atoms with Crippen molar-refractivity contribution < 1.29 is 4.79 Å². The first-order chi connectivity index (χ1) is 8.65. The molecule has 4 heteroatoms. The topological polar surface area (TPSA) is 32.3 Å². The molecule has 2 atom stereocenters. The van der Waals surface area contributed by atoms with Gasteiger partial charge in [0.2, 0.25) is 5.91 Å². The summed E-state index contributed by atoms with van der Waals surface area (Å²) in [5, 5.41) is 7.79. The van der Waals surface area contributed by atoms with Gasteiger partial charge in [-0.15, -0.1) is 0 Å². The Morgan fingerprint density at radius 3 is 2.83 bits per heavy atom. The summed E-state index contributed by atoms with van der Waals surface area (Å²) < 4.78 is 0. The summed E-state index contributed by atoms with van der Waals surface area (Å²) in [6.45, 7) is 4.12. The Bertz CT molecular complexity index is 441. The van der Waals surface area contributed by atoms with Crippen molar-refractivity contribution in [3.05, 3.63) is 22.4 Å². The predicted molar refractivity (Wildman–Crippen MR) is 73.4 cm³/mol. The van der Waals surface area contributed by atoms with Gasteiger partial charge >= 0.3 is 0 Å². The molecule has 2 aliphatic rings. The van der Waals surface area contributed by atoms with Crippen LogP contribution in [0.25, 0.3) is 0 Å². The maximum Gasteiger partial charge on any atom is 0.244 e. The van der Waals surface area contributed by atoms with Crippen LogP contribution in [0, 0.1) is 0 Å². The number of hydrogen-bond acceptors (Lipinski definition) is 3. The summed E-state index contributed by atoms with van der Waals surface area (Å²) in [6.07, 6.45) is 4.50. The van der Waals surface area contributed by atoms with Crippen LogP contribution in [-0.2, 0) is 4.79 Å². The molecule has 98 valence electrons. The minimum atomic E-state index is -0.387. The fraction of sp³-hybridized carbons (Fsp3) is 0.643. The second kappa shape index (κ2) is 4.35. The lowest BCUT2D eigenvalue weighted by molar-refractivity contribution is -0.136. The lowest BCUT2D eigenvalue weighted by atomic mass is 9.90. The lowest BCUT2D eigenvalue weighted by Gasteiger charge is -2.38. The second-order valence-electron chi connectivity index (χ2n) is 5.59. The molecule has 0 bridgehead atoms. The molecular formula is C14H20N2OS. The first-order valence-corrected chi connectivity index (χ1v) is 7.72. The average Bonchev–Trinajstić information content (AvgIpc) is 2.89. The van der Waals surface area contributed by atoms with Crippen LogP contribution in [0.2, 0.25) is 0 Å².